The predicted octanol–water partition coefficient (Wildman–Crippen LogP) is 2.07. The van der Waals surface area contributed by atoms with E-state index in [-0.39, 0.29) is 5.69 Å². The topological polar surface area (TPSA) is 71.5 Å². The van der Waals surface area contributed by atoms with Crippen LogP contribution in [0, 0.1) is 0 Å². The number of carbonyl (C=O) groups is 1. The van der Waals surface area contributed by atoms with Crippen LogP contribution in [-0.4, -0.2) is 35.8 Å². The molecule has 0 spiro atoms. The van der Waals surface area contributed by atoms with Crippen molar-refractivity contribution in [1.82, 2.24) is 4.98 Å². The lowest BCUT2D eigenvalue weighted by atomic mass is 10.4. The van der Waals surface area contributed by atoms with Crippen LogP contribution in [0.25, 0.3) is 0 Å². The molecule has 1 aromatic rings. The number of rotatable bonds is 8. The summed E-state index contributed by atoms with van der Waals surface area (Å²) in [7, 11) is 0. The Hall–Kier alpha value is -1.14. The number of carboxylic acids is 1. The van der Waals surface area contributed by atoms with Crippen LogP contribution in [0.3, 0.4) is 0 Å². The molecule has 0 aromatic carbocycles. The quantitative estimate of drug-likeness (QED) is 0.685. The van der Waals surface area contributed by atoms with Crippen LogP contribution in [0.15, 0.2) is 5.51 Å². The van der Waals surface area contributed by atoms with Gasteiger partial charge in [-0.25, -0.2) is 9.78 Å². The van der Waals surface area contributed by atoms with E-state index >= 15 is 0 Å². The van der Waals surface area contributed by atoms with E-state index in [0.29, 0.717) is 18.2 Å². The smallest absolute Gasteiger partial charge is 0.357 e. The summed E-state index contributed by atoms with van der Waals surface area (Å²) in [6, 6.07) is 0. The molecule has 5 nitrogen and oxygen atoms in total. The standard InChI is InChI=1S/C10H16N2O3S/c1-2-3-5-15-6-4-11-9-8(10(13)14)12-7-16-9/h7,11H,2-6H2,1H3,(H,13,14). The highest BCUT2D eigenvalue weighted by Crippen LogP contribution is 2.19. The Morgan fingerprint density at radius 1 is 1.62 bits per heavy atom. The predicted molar refractivity (Wildman–Crippen MR) is 63.3 cm³/mol. The molecule has 0 saturated heterocycles. The van der Waals surface area contributed by atoms with Crippen molar-refractivity contribution in [3.05, 3.63) is 11.2 Å². The van der Waals surface area contributed by atoms with Gasteiger partial charge in [0.15, 0.2) is 5.69 Å². The number of hydrogen-bond donors (Lipinski definition) is 2. The molecular formula is C10H16N2O3S. The molecule has 0 fully saturated rings. The van der Waals surface area contributed by atoms with Crippen molar-refractivity contribution in [3.8, 4) is 0 Å². The molecule has 0 bridgehead atoms. The maximum atomic E-state index is 10.7. The van der Waals surface area contributed by atoms with E-state index in [1.807, 2.05) is 0 Å². The summed E-state index contributed by atoms with van der Waals surface area (Å²) in [5, 5.41) is 12.4. The normalized spacial score (nSPS) is 10.3. The largest absolute Gasteiger partial charge is 0.476 e. The summed E-state index contributed by atoms with van der Waals surface area (Å²) < 4.78 is 5.35. The van der Waals surface area contributed by atoms with Crippen LogP contribution in [0.1, 0.15) is 30.3 Å². The van der Waals surface area contributed by atoms with Gasteiger partial charge >= 0.3 is 5.97 Å². The Labute approximate surface area is 98.5 Å². The van der Waals surface area contributed by atoms with E-state index in [1.54, 1.807) is 0 Å². The molecule has 2 N–H and O–H groups in total. The van der Waals surface area contributed by atoms with Crippen molar-refractivity contribution < 1.29 is 14.6 Å². The van der Waals surface area contributed by atoms with E-state index in [9.17, 15) is 4.79 Å². The highest BCUT2D eigenvalue weighted by molar-refractivity contribution is 7.14. The zero-order valence-electron chi connectivity index (χ0n) is 9.23. The third-order valence-corrected chi connectivity index (χ3v) is 2.73. The summed E-state index contributed by atoms with van der Waals surface area (Å²) in [5.41, 5.74) is 1.60. The summed E-state index contributed by atoms with van der Waals surface area (Å²) in [6.45, 7) is 4.05. The van der Waals surface area contributed by atoms with Crippen LogP contribution in [-0.2, 0) is 4.74 Å². The fraction of sp³-hybridized carbons (Fsp3) is 0.600. The molecule has 90 valence electrons. The van der Waals surface area contributed by atoms with Crippen LogP contribution in [0.5, 0.6) is 0 Å². The van der Waals surface area contributed by atoms with Crippen molar-refractivity contribution in [3.63, 3.8) is 0 Å². The number of aromatic nitrogens is 1. The SMILES string of the molecule is CCCCOCCNc1scnc1C(=O)O. The molecule has 0 unspecified atom stereocenters. The number of ether oxygens (including phenoxy) is 1. The Bertz CT molecular complexity index is 328. The van der Waals surface area contributed by atoms with Gasteiger partial charge in [0.05, 0.1) is 12.1 Å². The number of hydrogen-bond acceptors (Lipinski definition) is 5. The molecule has 0 aliphatic heterocycles. The maximum Gasteiger partial charge on any atom is 0.357 e. The number of thiazole rings is 1. The molecule has 16 heavy (non-hydrogen) atoms. The van der Waals surface area contributed by atoms with Crippen molar-refractivity contribution >= 4 is 22.3 Å². The first-order valence-electron chi connectivity index (χ1n) is 5.24. The molecular weight excluding hydrogens is 228 g/mol. The molecule has 1 heterocycles. The fourth-order valence-corrected chi connectivity index (χ4v) is 1.81. The van der Waals surface area contributed by atoms with Gasteiger partial charge in [-0.1, -0.05) is 13.3 Å². The Kier molecular flexibility index (Phi) is 5.81. The highest BCUT2D eigenvalue weighted by atomic mass is 32.1. The molecule has 1 rings (SSSR count). The first-order valence-corrected chi connectivity index (χ1v) is 6.12. The molecule has 1 aromatic heterocycles. The van der Waals surface area contributed by atoms with Gasteiger partial charge in [0, 0.05) is 13.2 Å². The van der Waals surface area contributed by atoms with E-state index in [0.717, 1.165) is 19.4 Å². The molecule has 0 saturated carbocycles. The van der Waals surface area contributed by atoms with Crippen LogP contribution >= 0.6 is 11.3 Å². The maximum absolute atomic E-state index is 10.7. The minimum absolute atomic E-state index is 0.0820. The van der Waals surface area contributed by atoms with E-state index < -0.39 is 5.97 Å². The molecule has 0 aliphatic rings. The van der Waals surface area contributed by atoms with E-state index in [2.05, 4.69) is 17.2 Å². The number of anilines is 1. The average molecular weight is 244 g/mol. The average Bonchev–Trinajstić information content (AvgIpc) is 2.71. The fourth-order valence-electron chi connectivity index (χ4n) is 1.11. The van der Waals surface area contributed by atoms with Gasteiger partial charge in [0.1, 0.15) is 5.00 Å². The monoisotopic (exact) mass is 244 g/mol. The van der Waals surface area contributed by atoms with Gasteiger partial charge in [-0.15, -0.1) is 11.3 Å². The second-order valence-electron chi connectivity index (χ2n) is 3.23. The first kappa shape index (κ1) is 12.9. The molecule has 0 atom stereocenters. The minimum Gasteiger partial charge on any atom is -0.476 e. The zero-order chi connectivity index (χ0) is 11.8. The van der Waals surface area contributed by atoms with Crippen molar-refractivity contribution in [2.24, 2.45) is 0 Å². The molecule has 0 amide bonds. The minimum atomic E-state index is -1.00. The zero-order valence-corrected chi connectivity index (χ0v) is 10.0. The molecule has 0 aliphatic carbocycles. The van der Waals surface area contributed by atoms with Gasteiger partial charge in [-0.05, 0) is 6.42 Å². The summed E-state index contributed by atoms with van der Waals surface area (Å²) in [5.74, 6) is -1.00. The van der Waals surface area contributed by atoms with Gasteiger partial charge in [-0.2, -0.15) is 0 Å². The Balaban J connectivity index is 2.21. The molecule has 0 radical (unpaired) electrons. The van der Waals surface area contributed by atoms with Crippen molar-refractivity contribution in [2.45, 2.75) is 19.8 Å². The molecule has 6 heteroatoms. The number of nitrogens with zero attached hydrogens (tertiary/aromatic N) is 1. The van der Waals surface area contributed by atoms with Gasteiger partial charge < -0.3 is 15.2 Å². The lowest BCUT2D eigenvalue weighted by Gasteiger charge is -2.05. The number of nitrogens with one attached hydrogen (secondary N) is 1. The summed E-state index contributed by atoms with van der Waals surface area (Å²) >= 11 is 1.29. The number of aromatic carboxylic acids is 1. The number of unbranched alkanes of at least 4 members (excludes halogenated alkanes) is 1. The Morgan fingerprint density at radius 2 is 2.44 bits per heavy atom. The van der Waals surface area contributed by atoms with Gasteiger partial charge in [0.25, 0.3) is 0 Å². The lowest BCUT2D eigenvalue weighted by Crippen LogP contribution is -2.11. The van der Waals surface area contributed by atoms with Crippen LogP contribution < -0.4 is 5.32 Å². The van der Waals surface area contributed by atoms with E-state index in [1.165, 1.54) is 16.8 Å². The summed E-state index contributed by atoms with van der Waals surface area (Å²) in [6.07, 6.45) is 2.17. The summed E-state index contributed by atoms with van der Waals surface area (Å²) in [4.78, 5) is 14.5. The first-order chi connectivity index (χ1) is 7.75. The van der Waals surface area contributed by atoms with E-state index in [4.69, 9.17) is 9.84 Å². The highest BCUT2D eigenvalue weighted by Gasteiger charge is 2.12. The van der Waals surface area contributed by atoms with Gasteiger partial charge in [0.2, 0.25) is 0 Å². The second kappa shape index (κ2) is 7.19. The van der Waals surface area contributed by atoms with Crippen molar-refractivity contribution in [2.75, 3.05) is 25.1 Å². The van der Waals surface area contributed by atoms with Crippen LogP contribution in [0.2, 0.25) is 0 Å². The second-order valence-corrected chi connectivity index (χ2v) is 4.08. The number of carboxylic acid groups (broad SMARTS) is 1. The van der Waals surface area contributed by atoms with Gasteiger partial charge in [-0.3, -0.25) is 0 Å². The lowest BCUT2D eigenvalue weighted by molar-refractivity contribution is 0.0692. The Morgan fingerprint density at radius 3 is 3.12 bits per heavy atom. The third-order valence-electron chi connectivity index (χ3n) is 1.94. The van der Waals surface area contributed by atoms with Crippen LogP contribution in [0.4, 0.5) is 5.00 Å². The van der Waals surface area contributed by atoms with Crippen molar-refractivity contribution in [1.29, 1.82) is 0 Å². The third kappa shape index (κ3) is 4.16.